The molecule has 0 bridgehead atoms. The number of nitrogens with zero attached hydrogens (tertiary/aromatic N) is 1. The van der Waals surface area contributed by atoms with Crippen molar-refractivity contribution in [2.75, 3.05) is 5.32 Å². The van der Waals surface area contributed by atoms with E-state index in [9.17, 15) is 0 Å². The molecule has 0 fully saturated rings. The first kappa shape index (κ1) is 13.3. The minimum absolute atomic E-state index is 0.222. The van der Waals surface area contributed by atoms with Crippen molar-refractivity contribution in [3.05, 3.63) is 42.7 Å². The van der Waals surface area contributed by atoms with Crippen LogP contribution in [0.15, 0.2) is 32.7 Å². The van der Waals surface area contributed by atoms with Gasteiger partial charge in [-0.15, -0.1) is 11.3 Å². The van der Waals surface area contributed by atoms with E-state index in [-0.39, 0.29) is 6.04 Å². The van der Waals surface area contributed by atoms with Gasteiger partial charge in [-0.3, -0.25) is 0 Å². The maximum absolute atomic E-state index is 5.85. The molecule has 0 aliphatic heterocycles. The van der Waals surface area contributed by atoms with E-state index in [0.717, 1.165) is 14.6 Å². The number of halogens is 3. The number of hydrogen-bond donors (Lipinski definition) is 1. The highest BCUT2D eigenvalue weighted by molar-refractivity contribution is 9.10. The van der Waals surface area contributed by atoms with E-state index in [2.05, 4.69) is 54.5 Å². The fourth-order valence-electron chi connectivity index (χ4n) is 1.43. The van der Waals surface area contributed by atoms with E-state index in [1.807, 2.05) is 12.1 Å². The minimum atomic E-state index is 0.222. The number of thiophene rings is 1. The minimum Gasteiger partial charge on any atom is -0.376 e. The first-order valence-corrected chi connectivity index (χ1v) is 7.72. The van der Waals surface area contributed by atoms with Crippen molar-refractivity contribution in [3.8, 4) is 0 Å². The topological polar surface area (TPSA) is 24.9 Å². The zero-order valence-electron chi connectivity index (χ0n) is 8.88. The standard InChI is InChI=1S/C11H9Br2ClN2S/c1-6(10-8(12)2-3-17-10)16-7-4-9(13)11(14)15-5-7/h2-6,16H,1H3. The molecule has 90 valence electrons. The van der Waals surface area contributed by atoms with Gasteiger partial charge in [-0.05, 0) is 56.3 Å². The molecule has 6 heteroatoms. The number of aromatic nitrogens is 1. The van der Waals surface area contributed by atoms with Gasteiger partial charge < -0.3 is 5.32 Å². The van der Waals surface area contributed by atoms with Crippen LogP contribution in [0.25, 0.3) is 0 Å². The Kier molecular flexibility index (Phi) is 4.47. The van der Waals surface area contributed by atoms with Gasteiger partial charge in [0.25, 0.3) is 0 Å². The van der Waals surface area contributed by atoms with Gasteiger partial charge in [0.05, 0.1) is 22.4 Å². The molecular formula is C11H9Br2ClN2S. The quantitative estimate of drug-likeness (QED) is 0.694. The Morgan fingerprint density at radius 3 is 2.76 bits per heavy atom. The summed E-state index contributed by atoms with van der Waals surface area (Å²) in [5.41, 5.74) is 0.939. The average molecular weight is 397 g/mol. The van der Waals surface area contributed by atoms with Crippen LogP contribution in [0.2, 0.25) is 5.15 Å². The number of rotatable bonds is 3. The lowest BCUT2D eigenvalue weighted by Gasteiger charge is -2.14. The van der Waals surface area contributed by atoms with Crippen molar-refractivity contribution in [2.45, 2.75) is 13.0 Å². The van der Waals surface area contributed by atoms with Crippen molar-refractivity contribution in [2.24, 2.45) is 0 Å². The Morgan fingerprint density at radius 1 is 1.41 bits per heavy atom. The first-order valence-electron chi connectivity index (χ1n) is 4.88. The molecule has 0 aromatic carbocycles. The summed E-state index contributed by atoms with van der Waals surface area (Å²) in [5.74, 6) is 0. The maximum atomic E-state index is 5.85. The number of hydrogen-bond acceptors (Lipinski definition) is 3. The number of anilines is 1. The van der Waals surface area contributed by atoms with E-state index < -0.39 is 0 Å². The van der Waals surface area contributed by atoms with Crippen LogP contribution in [0.1, 0.15) is 17.8 Å². The summed E-state index contributed by atoms with van der Waals surface area (Å²) in [6.07, 6.45) is 1.73. The van der Waals surface area contributed by atoms with Gasteiger partial charge in [-0.25, -0.2) is 4.98 Å². The van der Waals surface area contributed by atoms with Gasteiger partial charge in [0, 0.05) is 9.35 Å². The van der Waals surface area contributed by atoms with Crippen molar-refractivity contribution < 1.29 is 0 Å². The molecule has 1 unspecified atom stereocenters. The molecule has 1 atom stereocenters. The third-order valence-corrected chi connectivity index (χ3v) is 5.40. The summed E-state index contributed by atoms with van der Waals surface area (Å²) in [6, 6.07) is 4.20. The van der Waals surface area contributed by atoms with Crippen LogP contribution in [0, 0.1) is 0 Å². The normalized spacial score (nSPS) is 12.5. The molecule has 1 N–H and O–H groups in total. The van der Waals surface area contributed by atoms with E-state index >= 15 is 0 Å². The molecule has 17 heavy (non-hydrogen) atoms. The fraction of sp³-hybridized carbons (Fsp3) is 0.182. The molecule has 0 aliphatic carbocycles. The molecule has 2 aromatic rings. The highest BCUT2D eigenvalue weighted by Crippen LogP contribution is 2.32. The fourth-order valence-corrected chi connectivity index (χ4v) is 3.61. The van der Waals surface area contributed by atoms with E-state index in [1.54, 1.807) is 17.5 Å². The van der Waals surface area contributed by atoms with Crippen LogP contribution < -0.4 is 5.32 Å². The predicted octanol–water partition coefficient (Wildman–Crippen LogP) is 5.49. The first-order chi connectivity index (χ1) is 8.08. The molecule has 0 spiro atoms. The molecule has 0 radical (unpaired) electrons. The molecule has 0 aliphatic rings. The van der Waals surface area contributed by atoms with Crippen LogP contribution in [0.3, 0.4) is 0 Å². The van der Waals surface area contributed by atoms with Crippen LogP contribution >= 0.6 is 54.8 Å². The van der Waals surface area contributed by atoms with Crippen LogP contribution in [0.5, 0.6) is 0 Å². The van der Waals surface area contributed by atoms with E-state index in [4.69, 9.17) is 11.6 Å². The maximum Gasteiger partial charge on any atom is 0.143 e. The smallest absolute Gasteiger partial charge is 0.143 e. The summed E-state index contributed by atoms with van der Waals surface area (Å²) in [6.45, 7) is 2.11. The second-order valence-electron chi connectivity index (χ2n) is 3.50. The van der Waals surface area contributed by atoms with Gasteiger partial charge >= 0.3 is 0 Å². The second-order valence-corrected chi connectivity index (χ2v) is 6.51. The average Bonchev–Trinajstić information content (AvgIpc) is 2.70. The number of nitrogens with one attached hydrogen (secondary N) is 1. The van der Waals surface area contributed by atoms with Crippen molar-refractivity contribution >= 4 is 60.5 Å². The summed E-state index contributed by atoms with van der Waals surface area (Å²) >= 11 is 14.5. The Morgan fingerprint density at radius 2 is 2.18 bits per heavy atom. The summed E-state index contributed by atoms with van der Waals surface area (Å²) in [4.78, 5) is 5.34. The lowest BCUT2D eigenvalue weighted by molar-refractivity contribution is 0.900. The molecular weight excluding hydrogens is 387 g/mol. The molecule has 2 nitrogen and oxygen atoms in total. The highest BCUT2D eigenvalue weighted by Gasteiger charge is 2.11. The molecule has 2 rings (SSSR count). The largest absolute Gasteiger partial charge is 0.376 e. The zero-order chi connectivity index (χ0) is 12.4. The van der Waals surface area contributed by atoms with Crippen LogP contribution in [0.4, 0.5) is 5.69 Å². The van der Waals surface area contributed by atoms with Gasteiger partial charge in [-0.2, -0.15) is 0 Å². The molecule has 2 aromatic heterocycles. The van der Waals surface area contributed by atoms with Gasteiger partial charge in [-0.1, -0.05) is 11.6 Å². The Bertz CT molecular complexity index is 530. The van der Waals surface area contributed by atoms with Gasteiger partial charge in [0.15, 0.2) is 0 Å². The van der Waals surface area contributed by atoms with Gasteiger partial charge in [0.1, 0.15) is 5.15 Å². The molecule has 0 amide bonds. The van der Waals surface area contributed by atoms with Crippen molar-refractivity contribution in [3.63, 3.8) is 0 Å². The molecule has 2 heterocycles. The highest BCUT2D eigenvalue weighted by atomic mass is 79.9. The second kappa shape index (κ2) is 5.69. The Labute approximate surface area is 126 Å². The van der Waals surface area contributed by atoms with Gasteiger partial charge in [0.2, 0.25) is 0 Å². The number of pyridine rings is 1. The lowest BCUT2D eigenvalue weighted by atomic mass is 10.2. The monoisotopic (exact) mass is 394 g/mol. The van der Waals surface area contributed by atoms with E-state index in [0.29, 0.717) is 5.15 Å². The van der Waals surface area contributed by atoms with Crippen molar-refractivity contribution in [1.82, 2.24) is 4.98 Å². The van der Waals surface area contributed by atoms with Crippen LogP contribution in [-0.4, -0.2) is 4.98 Å². The summed E-state index contributed by atoms with van der Waals surface area (Å²) in [7, 11) is 0. The Balaban J connectivity index is 2.16. The third kappa shape index (κ3) is 3.22. The summed E-state index contributed by atoms with van der Waals surface area (Å²) in [5, 5.41) is 5.92. The summed E-state index contributed by atoms with van der Waals surface area (Å²) < 4.78 is 1.92. The molecule has 0 saturated heterocycles. The third-order valence-electron chi connectivity index (χ3n) is 2.22. The zero-order valence-corrected chi connectivity index (χ0v) is 13.6. The molecule has 0 saturated carbocycles. The van der Waals surface area contributed by atoms with Crippen LogP contribution in [-0.2, 0) is 0 Å². The lowest BCUT2D eigenvalue weighted by Crippen LogP contribution is -2.05. The Hall–Kier alpha value is -0.100. The van der Waals surface area contributed by atoms with Crippen molar-refractivity contribution in [1.29, 1.82) is 0 Å². The SMILES string of the molecule is CC(Nc1cnc(Cl)c(Br)c1)c1sccc1Br. The predicted molar refractivity (Wildman–Crippen MR) is 81.0 cm³/mol. The van der Waals surface area contributed by atoms with E-state index in [1.165, 1.54) is 4.88 Å².